The molecule has 0 spiro atoms. The van der Waals surface area contributed by atoms with Crippen molar-refractivity contribution in [3.63, 3.8) is 0 Å². The highest BCUT2D eigenvalue weighted by Crippen LogP contribution is 2.26. The Morgan fingerprint density at radius 3 is 2.48 bits per heavy atom. The van der Waals surface area contributed by atoms with Crippen LogP contribution in [0.5, 0.6) is 5.75 Å². The lowest BCUT2D eigenvalue weighted by Crippen LogP contribution is -2.30. The first-order chi connectivity index (χ1) is 10.1. The number of rotatable bonds is 4. The first-order valence-corrected chi connectivity index (χ1v) is 7.27. The third-order valence-corrected chi connectivity index (χ3v) is 3.59. The van der Waals surface area contributed by atoms with Gasteiger partial charge in [-0.2, -0.15) is 0 Å². The second-order valence-electron chi connectivity index (χ2n) is 4.37. The molecule has 0 saturated heterocycles. The highest BCUT2D eigenvalue weighted by Gasteiger charge is 2.20. The number of benzene rings is 2. The summed E-state index contributed by atoms with van der Waals surface area (Å²) in [7, 11) is 1.52. The van der Waals surface area contributed by atoms with E-state index >= 15 is 0 Å². The van der Waals surface area contributed by atoms with Gasteiger partial charge in [-0.15, -0.1) is 0 Å². The topological polar surface area (TPSA) is 29.5 Å². The SMILES string of the molecule is CCN(C(=O)c1ccc(Br)cc1OC)c1ccc(F)cc1. The number of hydrogen-bond acceptors (Lipinski definition) is 2. The second kappa shape index (κ2) is 6.72. The van der Waals surface area contributed by atoms with Crippen LogP contribution < -0.4 is 9.64 Å². The van der Waals surface area contributed by atoms with Gasteiger partial charge in [0, 0.05) is 16.7 Å². The fraction of sp³-hybridized carbons (Fsp3) is 0.188. The minimum atomic E-state index is -0.330. The number of halogens is 2. The van der Waals surface area contributed by atoms with E-state index in [0.717, 1.165) is 4.47 Å². The van der Waals surface area contributed by atoms with Gasteiger partial charge in [-0.1, -0.05) is 15.9 Å². The molecule has 110 valence electrons. The zero-order valence-corrected chi connectivity index (χ0v) is 13.4. The molecule has 0 bridgehead atoms. The van der Waals surface area contributed by atoms with Gasteiger partial charge in [0.25, 0.3) is 5.91 Å². The lowest BCUT2D eigenvalue weighted by molar-refractivity contribution is 0.0985. The molecular formula is C16H15BrFNO2. The van der Waals surface area contributed by atoms with E-state index in [0.29, 0.717) is 23.5 Å². The van der Waals surface area contributed by atoms with Gasteiger partial charge in [0.1, 0.15) is 11.6 Å². The quantitative estimate of drug-likeness (QED) is 0.823. The van der Waals surface area contributed by atoms with Crippen LogP contribution in [0.2, 0.25) is 0 Å². The molecule has 0 fully saturated rings. The molecule has 0 saturated carbocycles. The largest absolute Gasteiger partial charge is 0.496 e. The number of anilines is 1. The summed E-state index contributed by atoms with van der Waals surface area (Å²) >= 11 is 3.35. The van der Waals surface area contributed by atoms with Gasteiger partial charge in [0.15, 0.2) is 0 Å². The lowest BCUT2D eigenvalue weighted by atomic mass is 10.1. The Hall–Kier alpha value is -1.88. The van der Waals surface area contributed by atoms with Crippen LogP contribution in [0.4, 0.5) is 10.1 Å². The standard InChI is InChI=1S/C16H15BrFNO2/c1-3-19(13-7-5-12(18)6-8-13)16(20)14-9-4-11(17)10-15(14)21-2/h4-10H,3H2,1-2H3. The van der Waals surface area contributed by atoms with Crippen LogP contribution in [0.3, 0.4) is 0 Å². The molecule has 0 unspecified atom stereocenters. The van der Waals surface area contributed by atoms with Crippen molar-refractivity contribution < 1.29 is 13.9 Å². The fourth-order valence-electron chi connectivity index (χ4n) is 2.05. The van der Waals surface area contributed by atoms with E-state index < -0.39 is 0 Å². The van der Waals surface area contributed by atoms with E-state index in [1.807, 2.05) is 6.92 Å². The minimum absolute atomic E-state index is 0.187. The van der Waals surface area contributed by atoms with Gasteiger partial charge in [-0.25, -0.2) is 4.39 Å². The zero-order chi connectivity index (χ0) is 15.4. The van der Waals surface area contributed by atoms with Crippen molar-refractivity contribution in [2.24, 2.45) is 0 Å². The smallest absolute Gasteiger partial charge is 0.262 e. The zero-order valence-electron chi connectivity index (χ0n) is 11.8. The highest BCUT2D eigenvalue weighted by atomic mass is 79.9. The molecule has 21 heavy (non-hydrogen) atoms. The van der Waals surface area contributed by atoms with Gasteiger partial charge < -0.3 is 9.64 Å². The van der Waals surface area contributed by atoms with Crippen molar-refractivity contribution in [2.45, 2.75) is 6.92 Å². The molecular weight excluding hydrogens is 337 g/mol. The molecule has 0 aliphatic rings. The Balaban J connectivity index is 2.39. The molecule has 1 amide bonds. The number of nitrogens with zero attached hydrogens (tertiary/aromatic N) is 1. The summed E-state index contributed by atoms with van der Waals surface area (Å²) < 4.78 is 19.1. The second-order valence-corrected chi connectivity index (χ2v) is 5.29. The summed E-state index contributed by atoms with van der Waals surface area (Å²) in [6, 6.07) is 11.1. The van der Waals surface area contributed by atoms with Crippen molar-refractivity contribution in [3.05, 3.63) is 58.3 Å². The molecule has 2 aromatic carbocycles. The first kappa shape index (κ1) is 15.5. The van der Waals surface area contributed by atoms with E-state index in [1.165, 1.54) is 19.2 Å². The van der Waals surface area contributed by atoms with Gasteiger partial charge in [-0.05, 0) is 49.4 Å². The number of ether oxygens (including phenoxy) is 1. The summed E-state index contributed by atoms with van der Waals surface area (Å²) in [4.78, 5) is 14.3. The normalized spacial score (nSPS) is 10.3. The van der Waals surface area contributed by atoms with E-state index in [1.54, 1.807) is 35.2 Å². The third kappa shape index (κ3) is 3.42. The Morgan fingerprint density at radius 1 is 1.24 bits per heavy atom. The average molecular weight is 352 g/mol. The monoisotopic (exact) mass is 351 g/mol. The summed E-state index contributed by atoms with van der Waals surface area (Å²) in [5, 5.41) is 0. The van der Waals surface area contributed by atoms with Crippen molar-refractivity contribution in [1.82, 2.24) is 0 Å². The predicted octanol–water partition coefficient (Wildman–Crippen LogP) is 4.26. The maximum atomic E-state index is 13.0. The Bertz CT molecular complexity index is 643. The van der Waals surface area contributed by atoms with Crippen LogP contribution >= 0.6 is 15.9 Å². The van der Waals surface area contributed by atoms with E-state index in [2.05, 4.69) is 15.9 Å². The van der Waals surface area contributed by atoms with Crippen molar-refractivity contribution >= 4 is 27.5 Å². The van der Waals surface area contributed by atoms with Crippen LogP contribution in [-0.2, 0) is 0 Å². The van der Waals surface area contributed by atoms with Crippen molar-refractivity contribution in [3.8, 4) is 5.75 Å². The van der Waals surface area contributed by atoms with Crippen LogP contribution in [0.15, 0.2) is 46.9 Å². The molecule has 0 aromatic heterocycles. The molecule has 0 aliphatic carbocycles. The summed E-state index contributed by atoms with van der Waals surface area (Å²) in [5.74, 6) is -0.0214. The van der Waals surface area contributed by atoms with E-state index in [4.69, 9.17) is 4.74 Å². The average Bonchev–Trinajstić information content (AvgIpc) is 2.49. The number of methoxy groups -OCH3 is 1. The van der Waals surface area contributed by atoms with Crippen molar-refractivity contribution in [2.75, 3.05) is 18.6 Å². The van der Waals surface area contributed by atoms with E-state index in [-0.39, 0.29) is 11.7 Å². The number of carbonyl (C=O) groups excluding carboxylic acids is 1. The predicted molar refractivity (Wildman–Crippen MR) is 84.4 cm³/mol. The van der Waals surface area contributed by atoms with Crippen LogP contribution in [0, 0.1) is 5.82 Å². The summed E-state index contributed by atoms with van der Waals surface area (Å²) in [5.41, 5.74) is 1.11. The van der Waals surface area contributed by atoms with Gasteiger partial charge in [0.2, 0.25) is 0 Å². The number of amides is 1. The Morgan fingerprint density at radius 2 is 1.90 bits per heavy atom. The molecule has 0 aliphatic heterocycles. The first-order valence-electron chi connectivity index (χ1n) is 6.47. The maximum Gasteiger partial charge on any atom is 0.262 e. The summed E-state index contributed by atoms with van der Waals surface area (Å²) in [6.07, 6.45) is 0. The van der Waals surface area contributed by atoms with Gasteiger partial charge >= 0.3 is 0 Å². The number of hydrogen-bond donors (Lipinski definition) is 0. The number of carbonyl (C=O) groups is 1. The fourth-order valence-corrected chi connectivity index (χ4v) is 2.39. The third-order valence-electron chi connectivity index (χ3n) is 3.09. The molecule has 0 atom stereocenters. The lowest BCUT2D eigenvalue weighted by Gasteiger charge is -2.22. The van der Waals surface area contributed by atoms with Gasteiger partial charge in [0.05, 0.1) is 12.7 Å². The summed E-state index contributed by atoms with van der Waals surface area (Å²) in [6.45, 7) is 2.34. The van der Waals surface area contributed by atoms with Crippen molar-refractivity contribution in [1.29, 1.82) is 0 Å². The van der Waals surface area contributed by atoms with Crippen LogP contribution in [0.25, 0.3) is 0 Å². The molecule has 0 radical (unpaired) electrons. The van der Waals surface area contributed by atoms with Crippen LogP contribution in [-0.4, -0.2) is 19.6 Å². The molecule has 0 N–H and O–H groups in total. The molecule has 0 heterocycles. The van der Waals surface area contributed by atoms with Gasteiger partial charge in [-0.3, -0.25) is 4.79 Å². The molecule has 2 rings (SSSR count). The highest BCUT2D eigenvalue weighted by molar-refractivity contribution is 9.10. The Kier molecular flexibility index (Phi) is 4.96. The maximum absolute atomic E-state index is 13.0. The molecule has 2 aromatic rings. The minimum Gasteiger partial charge on any atom is -0.496 e. The molecule has 5 heteroatoms. The Labute approximate surface area is 131 Å². The molecule has 3 nitrogen and oxygen atoms in total. The van der Waals surface area contributed by atoms with E-state index in [9.17, 15) is 9.18 Å². The van der Waals surface area contributed by atoms with Crippen LogP contribution in [0.1, 0.15) is 17.3 Å².